The molecule has 23 heavy (non-hydrogen) atoms. The number of amides is 1. The topological polar surface area (TPSA) is 85.8 Å². The number of anilines is 1. The van der Waals surface area contributed by atoms with Crippen LogP contribution in [0.4, 0.5) is 5.69 Å². The maximum absolute atomic E-state index is 12.3. The van der Waals surface area contributed by atoms with Gasteiger partial charge in [-0.3, -0.25) is 4.79 Å². The molecular weight excluding hydrogens is 310 g/mol. The first-order valence-corrected chi connectivity index (χ1v) is 8.31. The van der Waals surface area contributed by atoms with Gasteiger partial charge in [0, 0.05) is 11.1 Å². The number of hydrogen-bond donors (Lipinski definition) is 2. The number of rotatable bonds is 4. The second kappa shape index (κ2) is 6.62. The van der Waals surface area contributed by atoms with Crippen molar-refractivity contribution in [1.29, 1.82) is 0 Å². The van der Waals surface area contributed by atoms with Gasteiger partial charge in [-0.1, -0.05) is 50.2 Å². The third kappa shape index (κ3) is 4.25. The lowest BCUT2D eigenvalue weighted by Crippen LogP contribution is -2.26. The molecule has 1 aromatic heterocycles. The molecule has 0 aliphatic rings. The summed E-state index contributed by atoms with van der Waals surface area (Å²) in [4.78, 5) is 12.3. The molecule has 7 heteroatoms. The molecule has 0 bridgehead atoms. The van der Waals surface area contributed by atoms with Crippen LogP contribution in [0.1, 0.15) is 39.1 Å². The molecule has 2 aromatic rings. The number of nitrogens with one attached hydrogen (secondary N) is 1. The number of thioether (sulfide) groups is 1. The van der Waals surface area contributed by atoms with Crippen LogP contribution in [0.15, 0.2) is 29.4 Å². The highest BCUT2D eigenvalue weighted by atomic mass is 32.2. The molecule has 0 saturated carbocycles. The van der Waals surface area contributed by atoms with E-state index in [1.54, 1.807) is 0 Å². The fourth-order valence-electron chi connectivity index (χ4n) is 1.96. The predicted molar refractivity (Wildman–Crippen MR) is 94.0 cm³/mol. The Labute approximate surface area is 140 Å². The molecule has 0 fully saturated rings. The molecule has 0 unspecified atom stereocenters. The van der Waals surface area contributed by atoms with Gasteiger partial charge in [-0.2, -0.15) is 0 Å². The van der Waals surface area contributed by atoms with Crippen molar-refractivity contribution in [3.05, 3.63) is 35.7 Å². The first-order chi connectivity index (χ1) is 10.7. The van der Waals surface area contributed by atoms with Crippen LogP contribution in [-0.2, 0) is 10.2 Å². The lowest BCUT2D eigenvalue weighted by atomic mass is 9.96. The second-order valence-corrected chi connectivity index (χ2v) is 7.85. The van der Waals surface area contributed by atoms with Crippen LogP contribution in [0.25, 0.3) is 0 Å². The number of nitrogens with zero attached hydrogens (tertiary/aromatic N) is 3. The van der Waals surface area contributed by atoms with E-state index in [4.69, 9.17) is 5.84 Å². The number of carbonyl (C=O) groups is 1. The van der Waals surface area contributed by atoms with Crippen LogP contribution >= 0.6 is 11.8 Å². The number of aromatic nitrogens is 3. The van der Waals surface area contributed by atoms with Crippen LogP contribution in [0.2, 0.25) is 0 Å². The van der Waals surface area contributed by atoms with E-state index in [0.717, 1.165) is 11.3 Å². The van der Waals surface area contributed by atoms with Crippen LogP contribution in [0, 0.1) is 6.92 Å². The maximum atomic E-state index is 12.3. The molecule has 6 nitrogen and oxygen atoms in total. The average Bonchev–Trinajstić information content (AvgIpc) is 2.82. The van der Waals surface area contributed by atoms with Crippen molar-refractivity contribution in [3.8, 4) is 0 Å². The minimum atomic E-state index is -0.337. The van der Waals surface area contributed by atoms with E-state index in [2.05, 4.69) is 15.5 Å². The molecule has 0 radical (unpaired) electrons. The molecule has 124 valence electrons. The van der Waals surface area contributed by atoms with Gasteiger partial charge in [-0.15, -0.1) is 10.2 Å². The minimum absolute atomic E-state index is 0.0980. The van der Waals surface area contributed by atoms with Gasteiger partial charge in [0.1, 0.15) is 0 Å². The van der Waals surface area contributed by atoms with E-state index in [1.807, 2.05) is 58.9 Å². The summed E-state index contributed by atoms with van der Waals surface area (Å²) in [6.45, 7) is 9.87. The molecular formula is C16H23N5OS. The van der Waals surface area contributed by atoms with Crippen molar-refractivity contribution in [2.24, 2.45) is 0 Å². The summed E-state index contributed by atoms with van der Waals surface area (Å²) in [7, 11) is 0. The Morgan fingerprint density at radius 3 is 2.39 bits per heavy atom. The summed E-state index contributed by atoms with van der Waals surface area (Å²) in [5, 5.41) is 11.3. The Balaban J connectivity index is 2.04. The van der Waals surface area contributed by atoms with E-state index in [-0.39, 0.29) is 16.6 Å². The van der Waals surface area contributed by atoms with E-state index < -0.39 is 0 Å². The zero-order valence-corrected chi connectivity index (χ0v) is 14.9. The van der Waals surface area contributed by atoms with Gasteiger partial charge < -0.3 is 11.2 Å². The highest BCUT2D eigenvalue weighted by molar-refractivity contribution is 8.00. The molecule has 0 spiro atoms. The zero-order valence-electron chi connectivity index (χ0n) is 14.1. The van der Waals surface area contributed by atoms with Crippen LogP contribution in [0.3, 0.4) is 0 Å². The Morgan fingerprint density at radius 1 is 1.26 bits per heavy atom. The van der Waals surface area contributed by atoms with Gasteiger partial charge in [0.2, 0.25) is 11.1 Å². The molecule has 2 rings (SSSR count). The fourth-order valence-corrected chi connectivity index (χ4v) is 2.73. The molecule has 1 atom stereocenters. The van der Waals surface area contributed by atoms with Crippen LogP contribution in [0.5, 0.6) is 0 Å². The Hall–Kier alpha value is -2.02. The summed E-state index contributed by atoms with van der Waals surface area (Å²) in [5.74, 6) is 6.63. The Bertz CT molecular complexity index is 687. The predicted octanol–water partition coefficient (Wildman–Crippen LogP) is 2.72. The zero-order chi connectivity index (χ0) is 17.2. The highest BCUT2D eigenvalue weighted by Gasteiger charge is 2.25. The number of aryl methyl sites for hydroxylation is 1. The van der Waals surface area contributed by atoms with Crippen molar-refractivity contribution in [1.82, 2.24) is 14.9 Å². The maximum Gasteiger partial charge on any atom is 0.237 e. The summed E-state index contributed by atoms with van der Waals surface area (Å²) in [6, 6.07) is 7.68. The van der Waals surface area contributed by atoms with Crippen LogP contribution < -0.4 is 11.2 Å². The van der Waals surface area contributed by atoms with Gasteiger partial charge in [0.05, 0.1) is 5.25 Å². The Kier molecular flexibility index (Phi) is 4.99. The summed E-state index contributed by atoms with van der Waals surface area (Å²) < 4.78 is 1.46. The van der Waals surface area contributed by atoms with Gasteiger partial charge >= 0.3 is 0 Å². The molecule has 1 aromatic carbocycles. The minimum Gasteiger partial charge on any atom is -0.336 e. The van der Waals surface area contributed by atoms with Crippen molar-refractivity contribution in [2.45, 2.75) is 50.4 Å². The average molecular weight is 333 g/mol. The van der Waals surface area contributed by atoms with Crippen molar-refractivity contribution >= 4 is 23.4 Å². The third-order valence-corrected chi connectivity index (χ3v) is 4.36. The highest BCUT2D eigenvalue weighted by Crippen LogP contribution is 2.26. The summed E-state index contributed by atoms with van der Waals surface area (Å²) in [6.07, 6.45) is 0. The quantitative estimate of drug-likeness (QED) is 0.664. The molecule has 3 N–H and O–H groups in total. The lowest BCUT2D eigenvalue weighted by molar-refractivity contribution is -0.115. The standard InChI is InChI=1S/C16H23N5OS/c1-10-6-8-12(9-7-10)18-13(22)11(2)23-15-20-19-14(21(15)17)16(3,4)5/h6-9,11H,17H2,1-5H3,(H,18,22)/t11-/m0/s1. The number of nitrogen functional groups attached to an aromatic ring is 1. The molecule has 0 aliphatic carbocycles. The fraction of sp³-hybridized carbons (Fsp3) is 0.438. The van der Waals surface area contributed by atoms with E-state index in [1.165, 1.54) is 16.4 Å². The number of carbonyl (C=O) groups excluding carboxylic acids is 1. The van der Waals surface area contributed by atoms with E-state index in [0.29, 0.717) is 11.0 Å². The van der Waals surface area contributed by atoms with Crippen molar-refractivity contribution in [2.75, 3.05) is 11.2 Å². The largest absolute Gasteiger partial charge is 0.336 e. The lowest BCUT2D eigenvalue weighted by Gasteiger charge is -2.17. The number of nitrogens with two attached hydrogens (primary N) is 1. The van der Waals surface area contributed by atoms with Gasteiger partial charge in [-0.05, 0) is 26.0 Å². The molecule has 1 heterocycles. The first kappa shape index (κ1) is 17.3. The number of benzene rings is 1. The molecule has 0 aliphatic heterocycles. The van der Waals surface area contributed by atoms with E-state index >= 15 is 0 Å². The Morgan fingerprint density at radius 2 is 1.87 bits per heavy atom. The van der Waals surface area contributed by atoms with E-state index in [9.17, 15) is 4.79 Å². The number of hydrogen-bond acceptors (Lipinski definition) is 5. The van der Waals surface area contributed by atoms with Crippen molar-refractivity contribution in [3.63, 3.8) is 0 Å². The monoisotopic (exact) mass is 333 g/mol. The summed E-state index contributed by atoms with van der Waals surface area (Å²) in [5.41, 5.74) is 1.72. The molecule has 0 saturated heterocycles. The van der Waals surface area contributed by atoms with Gasteiger partial charge in [0.15, 0.2) is 5.82 Å². The van der Waals surface area contributed by atoms with Crippen molar-refractivity contribution < 1.29 is 4.79 Å². The SMILES string of the molecule is Cc1ccc(NC(=O)[C@H](C)Sc2nnc(C(C)(C)C)n2N)cc1. The summed E-state index contributed by atoms with van der Waals surface area (Å²) >= 11 is 1.29. The normalized spacial score (nSPS) is 12.9. The third-order valence-electron chi connectivity index (χ3n) is 3.31. The smallest absolute Gasteiger partial charge is 0.237 e. The van der Waals surface area contributed by atoms with Crippen LogP contribution in [-0.4, -0.2) is 26.0 Å². The first-order valence-electron chi connectivity index (χ1n) is 7.43. The van der Waals surface area contributed by atoms with Gasteiger partial charge in [0.25, 0.3) is 0 Å². The second-order valence-electron chi connectivity index (χ2n) is 6.54. The molecule has 1 amide bonds. The van der Waals surface area contributed by atoms with Gasteiger partial charge in [-0.25, -0.2) is 4.68 Å².